The van der Waals surface area contributed by atoms with Crippen molar-refractivity contribution in [2.45, 2.75) is 0 Å². The molecule has 0 heterocycles. The SMILES string of the molecule is CN(C)C(=NCCS(C)(=O)=O)N(C)C.I. The van der Waals surface area contributed by atoms with Gasteiger partial charge < -0.3 is 9.80 Å². The molecule has 0 rings (SSSR count). The van der Waals surface area contributed by atoms with Gasteiger partial charge in [-0.1, -0.05) is 0 Å². The number of rotatable bonds is 3. The van der Waals surface area contributed by atoms with Gasteiger partial charge in [0.1, 0.15) is 9.84 Å². The minimum Gasteiger partial charge on any atom is -0.349 e. The summed E-state index contributed by atoms with van der Waals surface area (Å²) < 4.78 is 21.7. The molecule has 7 heteroatoms. The Morgan fingerprint density at radius 3 is 1.80 bits per heavy atom. The molecule has 0 amide bonds. The van der Waals surface area contributed by atoms with Crippen LogP contribution in [0.2, 0.25) is 0 Å². The third-order valence-electron chi connectivity index (χ3n) is 1.52. The van der Waals surface area contributed by atoms with E-state index in [4.69, 9.17) is 0 Å². The molecule has 0 aromatic carbocycles. The molecule has 0 radical (unpaired) electrons. The Kier molecular flexibility index (Phi) is 8.40. The van der Waals surface area contributed by atoms with Crippen molar-refractivity contribution >= 4 is 39.8 Å². The van der Waals surface area contributed by atoms with Gasteiger partial charge in [-0.05, 0) is 0 Å². The van der Waals surface area contributed by atoms with Crippen LogP contribution in [0.3, 0.4) is 0 Å². The molecule has 0 N–H and O–H groups in total. The van der Waals surface area contributed by atoms with Crippen LogP contribution in [0.25, 0.3) is 0 Å². The lowest BCUT2D eigenvalue weighted by atomic mass is 10.7. The fraction of sp³-hybridized carbons (Fsp3) is 0.875. The van der Waals surface area contributed by atoms with Gasteiger partial charge in [0.2, 0.25) is 0 Å². The summed E-state index contributed by atoms with van der Waals surface area (Å²) in [6, 6.07) is 0. The van der Waals surface area contributed by atoms with Gasteiger partial charge in [-0.25, -0.2) is 8.42 Å². The summed E-state index contributed by atoms with van der Waals surface area (Å²) in [6.07, 6.45) is 1.22. The van der Waals surface area contributed by atoms with Crippen molar-refractivity contribution in [1.29, 1.82) is 0 Å². The molecule has 0 saturated carbocycles. The van der Waals surface area contributed by atoms with Crippen molar-refractivity contribution < 1.29 is 8.42 Å². The topological polar surface area (TPSA) is 53.0 Å². The smallest absolute Gasteiger partial charge is 0.195 e. The van der Waals surface area contributed by atoms with E-state index >= 15 is 0 Å². The number of aliphatic imine (C=N–C) groups is 1. The Bertz CT molecular complexity index is 289. The normalized spacial score (nSPS) is 10.2. The monoisotopic (exact) mass is 349 g/mol. The Labute approximate surface area is 109 Å². The van der Waals surface area contributed by atoms with E-state index in [-0.39, 0.29) is 29.7 Å². The van der Waals surface area contributed by atoms with Crippen LogP contribution in [0, 0.1) is 0 Å². The van der Waals surface area contributed by atoms with Crippen LogP contribution in [-0.4, -0.2) is 70.9 Å². The number of sulfone groups is 1. The standard InChI is InChI=1S/C8H19N3O2S.HI/c1-10(2)8(11(3)4)9-6-7-14(5,12)13;/h6-7H2,1-5H3;1H. The van der Waals surface area contributed by atoms with Gasteiger partial charge in [-0.15, -0.1) is 24.0 Å². The van der Waals surface area contributed by atoms with E-state index in [9.17, 15) is 8.42 Å². The fourth-order valence-electron chi connectivity index (χ4n) is 0.994. The summed E-state index contributed by atoms with van der Waals surface area (Å²) in [5, 5.41) is 0. The van der Waals surface area contributed by atoms with Crippen LogP contribution in [-0.2, 0) is 9.84 Å². The Morgan fingerprint density at radius 2 is 1.53 bits per heavy atom. The molecule has 0 aromatic rings. The second-order valence-corrected chi connectivity index (χ2v) is 5.86. The number of hydrogen-bond acceptors (Lipinski definition) is 3. The molecule has 0 unspecified atom stereocenters. The van der Waals surface area contributed by atoms with Crippen molar-refractivity contribution in [3.8, 4) is 0 Å². The molecule has 0 fully saturated rings. The molecule has 0 atom stereocenters. The van der Waals surface area contributed by atoms with Crippen molar-refractivity contribution in [1.82, 2.24) is 9.80 Å². The zero-order chi connectivity index (χ0) is 11.4. The van der Waals surface area contributed by atoms with Crippen LogP contribution in [0.4, 0.5) is 0 Å². The maximum absolute atomic E-state index is 10.9. The zero-order valence-corrected chi connectivity index (χ0v) is 13.0. The second kappa shape index (κ2) is 7.26. The number of guanidine groups is 1. The average molecular weight is 349 g/mol. The predicted octanol–water partition coefficient (Wildman–Crippen LogP) is 0.128. The van der Waals surface area contributed by atoms with E-state index in [1.807, 2.05) is 38.0 Å². The molecule has 92 valence electrons. The quantitative estimate of drug-likeness (QED) is 0.413. The van der Waals surface area contributed by atoms with Gasteiger partial charge in [-0.3, -0.25) is 4.99 Å². The Hall–Kier alpha value is -0.0500. The van der Waals surface area contributed by atoms with E-state index in [0.29, 0.717) is 6.54 Å². The average Bonchev–Trinajstić information content (AvgIpc) is 1.94. The van der Waals surface area contributed by atoms with E-state index in [1.54, 1.807) is 0 Å². The molecule has 0 aliphatic rings. The second-order valence-electron chi connectivity index (χ2n) is 3.60. The van der Waals surface area contributed by atoms with Crippen molar-refractivity contribution in [3.63, 3.8) is 0 Å². The largest absolute Gasteiger partial charge is 0.349 e. The maximum atomic E-state index is 10.9. The van der Waals surface area contributed by atoms with Gasteiger partial charge in [0.05, 0.1) is 12.3 Å². The molecule has 0 aliphatic carbocycles. The zero-order valence-electron chi connectivity index (χ0n) is 9.89. The lowest BCUT2D eigenvalue weighted by molar-refractivity contribution is 0.480. The third kappa shape index (κ3) is 8.91. The van der Waals surface area contributed by atoms with E-state index in [2.05, 4.69) is 4.99 Å². The van der Waals surface area contributed by atoms with Gasteiger partial charge in [0.25, 0.3) is 0 Å². The minimum absolute atomic E-state index is 0. The summed E-state index contributed by atoms with van der Waals surface area (Å²) in [7, 11) is 4.58. The summed E-state index contributed by atoms with van der Waals surface area (Å²) in [5.41, 5.74) is 0. The number of halogens is 1. The number of nitrogens with zero attached hydrogens (tertiary/aromatic N) is 3. The van der Waals surface area contributed by atoms with E-state index < -0.39 is 9.84 Å². The van der Waals surface area contributed by atoms with E-state index in [0.717, 1.165) is 5.96 Å². The molecular weight excluding hydrogens is 329 g/mol. The van der Waals surface area contributed by atoms with Gasteiger partial charge in [0.15, 0.2) is 5.96 Å². The van der Waals surface area contributed by atoms with Crippen molar-refractivity contribution in [3.05, 3.63) is 0 Å². The first-order chi connectivity index (χ1) is 6.24. The highest BCUT2D eigenvalue weighted by Crippen LogP contribution is 1.90. The van der Waals surface area contributed by atoms with Crippen LogP contribution in [0.5, 0.6) is 0 Å². The summed E-state index contributed by atoms with van der Waals surface area (Å²) in [6.45, 7) is 0.310. The van der Waals surface area contributed by atoms with Crippen LogP contribution < -0.4 is 0 Å². The lowest BCUT2D eigenvalue weighted by Gasteiger charge is -2.22. The summed E-state index contributed by atoms with van der Waals surface area (Å²) >= 11 is 0. The van der Waals surface area contributed by atoms with Crippen LogP contribution in [0.1, 0.15) is 0 Å². The Morgan fingerprint density at radius 1 is 1.13 bits per heavy atom. The molecule has 0 aromatic heterocycles. The Balaban J connectivity index is 0. The van der Waals surface area contributed by atoms with Gasteiger partial charge in [-0.2, -0.15) is 0 Å². The molecular formula is C8H20IN3O2S. The summed E-state index contributed by atoms with van der Waals surface area (Å²) in [5.74, 6) is 0.867. The predicted molar refractivity (Wildman–Crippen MR) is 74.8 cm³/mol. The highest BCUT2D eigenvalue weighted by atomic mass is 127. The van der Waals surface area contributed by atoms with Crippen molar-refractivity contribution in [2.24, 2.45) is 4.99 Å². The minimum atomic E-state index is -2.92. The third-order valence-corrected chi connectivity index (χ3v) is 2.44. The van der Waals surface area contributed by atoms with Crippen LogP contribution in [0.15, 0.2) is 4.99 Å². The fourth-order valence-corrected chi connectivity index (χ4v) is 1.42. The van der Waals surface area contributed by atoms with E-state index in [1.165, 1.54) is 6.26 Å². The first-order valence-corrected chi connectivity index (χ1v) is 6.37. The maximum Gasteiger partial charge on any atom is 0.195 e. The first-order valence-electron chi connectivity index (χ1n) is 4.31. The summed E-state index contributed by atoms with van der Waals surface area (Å²) in [4.78, 5) is 7.90. The molecule has 0 spiro atoms. The lowest BCUT2D eigenvalue weighted by Crippen LogP contribution is -2.35. The molecule has 0 saturated heterocycles. The first kappa shape index (κ1) is 17.3. The van der Waals surface area contributed by atoms with Gasteiger partial charge >= 0.3 is 0 Å². The molecule has 0 bridgehead atoms. The van der Waals surface area contributed by atoms with Crippen LogP contribution >= 0.6 is 24.0 Å². The number of hydrogen-bond donors (Lipinski definition) is 0. The molecule has 5 nitrogen and oxygen atoms in total. The highest BCUT2D eigenvalue weighted by Gasteiger charge is 2.05. The van der Waals surface area contributed by atoms with Gasteiger partial charge in [0, 0.05) is 34.4 Å². The molecule has 15 heavy (non-hydrogen) atoms. The highest BCUT2D eigenvalue weighted by molar-refractivity contribution is 14.0. The van der Waals surface area contributed by atoms with Crippen molar-refractivity contribution in [2.75, 3.05) is 46.7 Å². The molecule has 0 aliphatic heterocycles.